The molecule has 13 heavy (non-hydrogen) atoms. The summed E-state index contributed by atoms with van der Waals surface area (Å²) in [5.41, 5.74) is 0.857. The van der Waals surface area contributed by atoms with Gasteiger partial charge in [-0.2, -0.15) is 0 Å². The average Bonchev–Trinajstić information content (AvgIpc) is 2.19. The van der Waals surface area contributed by atoms with Crippen molar-refractivity contribution in [2.45, 2.75) is 25.6 Å². The molecule has 3 heteroatoms. The Bertz CT molecular complexity index is 252. The van der Waals surface area contributed by atoms with Crippen molar-refractivity contribution in [3.8, 4) is 5.75 Å². The molecule has 0 saturated carbocycles. The zero-order valence-corrected chi connectivity index (χ0v) is 8.55. The molecule has 0 aliphatic rings. The Morgan fingerprint density at radius 2 is 2.38 bits per heavy atom. The van der Waals surface area contributed by atoms with Gasteiger partial charge in [-0.05, 0) is 12.5 Å². The molecule has 0 aliphatic heterocycles. The normalized spacial score (nSPS) is 10.0. The quantitative estimate of drug-likeness (QED) is 0.537. The minimum Gasteiger partial charge on any atom is -0.493 e. The summed E-state index contributed by atoms with van der Waals surface area (Å²) in [5.74, 6) is 1.30. The van der Waals surface area contributed by atoms with Crippen LogP contribution in [0, 0.1) is 0 Å². The minimum atomic E-state index is 0.435. The molecule has 72 valence electrons. The van der Waals surface area contributed by atoms with Crippen LogP contribution in [0.4, 0.5) is 0 Å². The lowest BCUT2D eigenvalue weighted by atomic mass is 10.3. The van der Waals surface area contributed by atoms with Crippen molar-refractivity contribution in [2.24, 2.45) is 0 Å². The van der Waals surface area contributed by atoms with E-state index in [1.54, 1.807) is 6.20 Å². The van der Waals surface area contributed by atoms with Crippen LogP contribution < -0.4 is 4.74 Å². The summed E-state index contributed by atoms with van der Waals surface area (Å²) in [6.45, 7) is 2.91. The van der Waals surface area contributed by atoms with Gasteiger partial charge in [0.2, 0.25) is 0 Å². The van der Waals surface area contributed by atoms with Crippen molar-refractivity contribution in [3.05, 3.63) is 24.0 Å². The van der Waals surface area contributed by atoms with Crippen LogP contribution in [0.25, 0.3) is 0 Å². The van der Waals surface area contributed by atoms with Gasteiger partial charge in [-0.25, -0.2) is 0 Å². The summed E-state index contributed by atoms with van der Waals surface area (Å²) in [6, 6.07) is 3.73. The molecule has 0 aromatic carbocycles. The van der Waals surface area contributed by atoms with Crippen LogP contribution in [-0.4, -0.2) is 11.6 Å². The summed E-state index contributed by atoms with van der Waals surface area (Å²) in [6.07, 6.45) is 3.95. The second kappa shape index (κ2) is 5.81. The summed E-state index contributed by atoms with van der Waals surface area (Å²) in [4.78, 5) is 4.07. The van der Waals surface area contributed by atoms with E-state index in [2.05, 4.69) is 11.9 Å². The lowest BCUT2D eigenvalue weighted by Gasteiger charge is -2.05. The molecule has 0 fully saturated rings. The third-order valence-corrected chi connectivity index (χ3v) is 1.97. The number of hydrogen-bond donors (Lipinski definition) is 0. The van der Waals surface area contributed by atoms with Crippen LogP contribution in [0.15, 0.2) is 18.3 Å². The first-order chi connectivity index (χ1) is 6.36. The van der Waals surface area contributed by atoms with Crippen molar-refractivity contribution in [2.75, 3.05) is 6.61 Å². The van der Waals surface area contributed by atoms with Gasteiger partial charge in [0, 0.05) is 12.3 Å². The van der Waals surface area contributed by atoms with Gasteiger partial charge in [-0.1, -0.05) is 13.3 Å². The average molecular weight is 200 g/mol. The number of pyridine rings is 1. The molecule has 2 nitrogen and oxygen atoms in total. The van der Waals surface area contributed by atoms with Gasteiger partial charge in [0.15, 0.2) is 0 Å². The summed E-state index contributed by atoms with van der Waals surface area (Å²) >= 11 is 5.64. The zero-order valence-electron chi connectivity index (χ0n) is 7.79. The van der Waals surface area contributed by atoms with Crippen LogP contribution >= 0.6 is 11.6 Å². The van der Waals surface area contributed by atoms with Crippen LogP contribution in [0.1, 0.15) is 25.5 Å². The highest BCUT2D eigenvalue weighted by molar-refractivity contribution is 6.16. The van der Waals surface area contributed by atoms with E-state index in [1.807, 2.05) is 12.1 Å². The van der Waals surface area contributed by atoms with Gasteiger partial charge in [-0.15, -0.1) is 11.6 Å². The second-order valence-corrected chi connectivity index (χ2v) is 3.09. The number of halogens is 1. The smallest absolute Gasteiger partial charge is 0.122 e. The first kappa shape index (κ1) is 10.3. The molecule has 0 atom stereocenters. The van der Waals surface area contributed by atoms with E-state index < -0.39 is 0 Å². The monoisotopic (exact) mass is 199 g/mol. The van der Waals surface area contributed by atoms with Crippen molar-refractivity contribution in [1.29, 1.82) is 0 Å². The number of rotatable bonds is 5. The van der Waals surface area contributed by atoms with E-state index in [9.17, 15) is 0 Å². The molecular weight excluding hydrogens is 186 g/mol. The molecule has 0 unspecified atom stereocenters. The van der Waals surface area contributed by atoms with Gasteiger partial charge in [0.1, 0.15) is 5.75 Å². The Kier molecular flexibility index (Phi) is 4.61. The first-order valence-corrected chi connectivity index (χ1v) is 5.04. The SMILES string of the molecule is CCCCOc1ccnc(CCl)c1. The second-order valence-electron chi connectivity index (χ2n) is 2.82. The Labute approximate surface area is 83.9 Å². The van der Waals surface area contributed by atoms with Gasteiger partial charge in [0.25, 0.3) is 0 Å². The third-order valence-electron chi connectivity index (χ3n) is 1.69. The Balaban J connectivity index is 2.46. The van der Waals surface area contributed by atoms with E-state index in [0.717, 1.165) is 30.9 Å². The van der Waals surface area contributed by atoms with E-state index >= 15 is 0 Å². The fraction of sp³-hybridized carbons (Fsp3) is 0.500. The van der Waals surface area contributed by atoms with Gasteiger partial charge in [0.05, 0.1) is 18.2 Å². The minimum absolute atomic E-state index is 0.435. The summed E-state index contributed by atoms with van der Waals surface area (Å²) < 4.78 is 5.49. The number of ether oxygens (including phenoxy) is 1. The predicted molar refractivity (Wildman–Crippen MR) is 54.2 cm³/mol. The maximum absolute atomic E-state index is 5.64. The fourth-order valence-electron chi connectivity index (χ4n) is 0.953. The van der Waals surface area contributed by atoms with Gasteiger partial charge in [-0.3, -0.25) is 4.98 Å². The Morgan fingerprint density at radius 3 is 3.08 bits per heavy atom. The molecule has 0 saturated heterocycles. The highest BCUT2D eigenvalue weighted by Gasteiger charge is 1.96. The molecule has 0 bridgehead atoms. The highest BCUT2D eigenvalue weighted by atomic mass is 35.5. The van der Waals surface area contributed by atoms with E-state index in [0.29, 0.717) is 5.88 Å². The van der Waals surface area contributed by atoms with Crippen molar-refractivity contribution >= 4 is 11.6 Å². The maximum atomic E-state index is 5.64. The molecule has 0 amide bonds. The van der Waals surface area contributed by atoms with Crippen molar-refractivity contribution in [3.63, 3.8) is 0 Å². The standard InChI is InChI=1S/C10H14ClNO/c1-2-3-6-13-10-4-5-12-9(7-10)8-11/h4-5,7H,2-3,6,8H2,1H3. The van der Waals surface area contributed by atoms with Crippen molar-refractivity contribution < 1.29 is 4.74 Å². The zero-order chi connectivity index (χ0) is 9.52. The number of aromatic nitrogens is 1. The molecule has 0 aliphatic carbocycles. The molecule has 1 rings (SSSR count). The van der Waals surface area contributed by atoms with Gasteiger partial charge >= 0.3 is 0 Å². The van der Waals surface area contributed by atoms with E-state index in [-0.39, 0.29) is 0 Å². The van der Waals surface area contributed by atoms with Crippen LogP contribution in [0.5, 0.6) is 5.75 Å². The molecule has 0 spiro atoms. The topological polar surface area (TPSA) is 22.1 Å². The molecule has 1 aromatic heterocycles. The molecule has 0 N–H and O–H groups in total. The van der Waals surface area contributed by atoms with Crippen molar-refractivity contribution in [1.82, 2.24) is 4.98 Å². The largest absolute Gasteiger partial charge is 0.493 e. The molecule has 1 heterocycles. The van der Waals surface area contributed by atoms with Crippen LogP contribution in [-0.2, 0) is 5.88 Å². The van der Waals surface area contributed by atoms with Crippen LogP contribution in [0.3, 0.4) is 0 Å². The number of hydrogen-bond acceptors (Lipinski definition) is 2. The Hall–Kier alpha value is -0.760. The summed E-state index contributed by atoms with van der Waals surface area (Å²) in [5, 5.41) is 0. The lowest BCUT2D eigenvalue weighted by Crippen LogP contribution is -1.97. The highest BCUT2D eigenvalue weighted by Crippen LogP contribution is 2.12. The van der Waals surface area contributed by atoms with E-state index in [1.165, 1.54) is 0 Å². The molecule has 0 radical (unpaired) electrons. The number of nitrogens with zero attached hydrogens (tertiary/aromatic N) is 1. The molecule has 1 aromatic rings. The lowest BCUT2D eigenvalue weighted by molar-refractivity contribution is 0.309. The Morgan fingerprint density at radius 1 is 1.54 bits per heavy atom. The predicted octanol–water partition coefficient (Wildman–Crippen LogP) is 3.00. The van der Waals surface area contributed by atoms with E-state index in [4.69, 9.17) is 16.3 Å². The number of alkyl halides is 1. The molecular formula is C10H14ClNO. The van der Waals surface area contributed by atoms with Gasteiger partial charge < -0.3 is 4.74 Å². The maximum Gasteiger partial charge on any atom is 0.122 e. The summed E-state index contributed by atoms with van der Waals surface area (Å²) in [7, 11) is 0. The first-order valence-electron chi connectivity index (χ1n) is 4.50. The fourth-order valence-corrected chi connectivity index (χ4v) is 1.10. The number of unbranched alkanes of at least 4 members (excludes halogenated alkanes) is 1. The van der Waals surface area contributed by atoms with Crippen LogP contribution in [0.2, 0.25) is 0 Å². The third kappa shape index (κ3) is 3.64.